The number of ether oxygens (including phenoxy) is 2. The van der Waals surface area contributed by atoms with Crippen molar-refractivity contribution >= 4 is 11.3 Å². The third-order valence-corrected chi connectivity index (χ3v) is 5.89. The molecule has 140 valence electrons. The molecule has 6 heteroatoms. The van der Waals surface area contributed by atoms with E-state index in [9.17, 15) is 0 Å². The topological polar surface area (TPSA) is 46.6 Å². The van der Waals surface area contributed by atoms with Crippen LogP contribution in [0.5, 0.6) is 11.5 Å². The minimum absolute atomic E-state index is 0.307. The molecule has 0 amide bonds. The number of aromatic nitrogens is 1. The van der Waals surface area contributed by atoms with E-state index >= 15 is 0 Å². The Labute approximate surface area is 159 Å². The molecule has 0 saturated carbocycles. The first-order chi connectivity index (χ1) is 12.7. The van der Waals surface area contributed by atoms with Crippen LogP contribution in [-0.4, -0.2) is 42.4 Å². The first-order valence-corrected chi connectivity index (χ1v) is 10.4. The second-order valence-corrected chi connectivity index (χ2v) is 8.42. The molecule has 0 unspecified atom stereocenters. The second kappa shape index (κ2) is 7.94. The zero-order chi connectivity index (χ0) is 17.9. The van der Waals surface area contributed by atoms with E-state index in [2.05, 4.69) is 29.4 Å². The van der Waals surface area contributed by atoms with Gasteiger partial charge in [0, 0.05) is 30.1 Å². The maximum atomic E-state index is 5.47. The van der Waals surface area contributed by atoms with Gasteiger partial charge < -0.3 is 19.7 Å². The molecule has 2 aromatic rings. The molecule has 2 aliphatic heterocycles. The molecule has 0 spiro atoms. The summed E-state index contributed by atoms with van der Waals surface area (Å²) in [6.45, 7) is 9.37. The number of nitrogens with zero attached hydrogens (tertiary/aromatic N) is 2. The number of nitrogens with one attached hydrogen (secondary N) is 1. The monoisotopic (exact) mass is 373 g/mol. The SMILES string of the molecule is CC(C)CN1CCC(NCc2csc(-c3ccc4c(c3)OCO4)n2)CC1. The van der Waals surface area contributed by atoms with Crippen LogP contribution < -0.4 is 14.8 Å². The van der Waals surface area contributed by atoms with Gasteiger partial charge in [-0.1, -0.05) is 13.8 Å². The summed E-state index contributed by atoms with van der Waals surface area (Å²) in [5.74, 6) is 2.38. The van der Waals surface area contributed by atoms with Crippen molar-refractivity contribution in [2.45, 2.75) is 39.3 Å². The van der Waals surface area contributed by atoms with Crippen LogP contribution in [0.4, 0.5) is 0 Å². The third-order valence-electron chi connectivity index (χ3n) is 4.95. The molecule has 0 radical (unpaired) electrons. The smallest absolute Gasteiger partial charge is 0.231 e. The molecule has 3 heterocycles. The van der Waals surface area contributed by atoms with Crippen molar-refractivity contribution < 1.29 is 9.47 Å². The highest BCUT2D eigenvalue weighted by atomic mass is 32.1. The molecule has 0 bridgehead atoms. The molecule has 0 aliphatic carbocycles. The number of hydrogen-bond acceptors (Lipinski definition) is 6. The number of rotatable bonds is 6. The summed E-state index contributed by atoms with van der Waals surface area (Å²) >= 11 is 1.69. The lowest BCUT2D eigenvalue weighted by atomic mass is 10.0. The van der Waals surface area contributed by atoms with Crippen molar-refractivity contribution in [3.63, 3.8) is 0 Å². The Morgan fingerprint density at radius 3 is 2.85 bits per heavy atom. The van der Waals surface area contributed by atoms with Crippen molar-refractivity contribution in [3.05, 3.63) is 29.3 Å². The maximum Gasteiger partial charge on any atom is 0.231 e. The zero-order valence-corrected chi connectivity index (χ0v) is 16.3. The summed E-state index contributed by atoms with van der Waals surface area (Å²) in [6, 6.07) is 6.63. The predicted molar refractivity (Wildman–Crippen MR) is 105 cm³/mol. The van der Waals surface area contributed by atoms with Gasteiger partial charge in [-0.15, -0.1) is 11.3 Å². The molecule has 1 saturated heterocycles. The molecule has 1 aromatic carbocycles. The van der Waals surface area contributed by atoms with Crippen LogP contribution in [0, 0.1) is 5.92 Å². The van der Waals surface area contributed by atoms with Gasteiger partial charge in [-0.05, 0) is 50.0 Å². The average Bonchev–Trinajstić information content (AvgIpc) is 3.29. The summed E-state index contributed by atoms with van der Waals surface area (Å²) in [4.78, 5) is 7.38. The van der Waals surface area contributed by atoms with Crippen LogP contribution in [0.2, 0.25) is 0 Å². The molecule has 1 aromatic heterocycles. The summed E-state index contributed by atoms with van der Waals surface area (Å²) in [5.41, 5.74) is 2.21. The Kier molecular flexibility index (Phi) is 5.43. The lowest BCUT2D eigenvalue weighted by Gasteiger charge is -2.33. The first kappa shape index (κ1) is 17.8. The lowest BCUT2D eigenvalue weighted by molar-refractivity contribution is 0.174. The van der Waals surface area contributed by atoms with Gasteiger partial charge in [0.05, 0.1) is 5.69 Å². The second-order valence-electron chi connectivity index (χ2n) is 7.56. The molecular formula is C20H27N3O2S. The van der Waals surface area contributed by atoms with Gasteiger partial charge in [0.1, 0.15) is 5.01 Å². The Bertz CT molecular complexity index is 738. The Balaban J connectivity index is 1.29. The summed E-state index contributed by atoms with van der Waals surface area (Å²) in [6.07, 6.45) is 2.46. The molecule has 5 nitrogen and oxygen atoms in total. The normalized spacial score (nSPS) is 18.0. The molecule has 4 rings (SSSR count). The maximum absolute atomic E-state index is 5.47. The van der Waals surface area contributed by atoms with Gasteiger partial charge in [0.25, 0.3) is 0 Å². The van der Waals surface area contributed by atoms with Gasteiger partial charge in [0.15, 0.2) is 11.5 Å². The molecule has 1 N–H and O–H groups in total. The quantitative estimate of drug-likeness (QED) is 0.836. The van der Waals surface area contributed by atoms with E-state index in [0.717, 1.165) is 40.2 Å². The van der Waals surface area contributed by atoms with Crippen molar-refractivity contribution in [2.75, 3.05) is 26.4 Å². The van der Waals surface area contributed by atoms with E-state index < -0.39 is 0 Å². The number of thiazole rings is 1. The van der Waals surface area contributed by atoms with Crippen LogP contribution in [-0.2, 0) is 6.54 Å². The molecular weight excluding hydrogens is 346 g/mol. The fourth-order valence-corrected chi connectivity index (χ4v) is 4.45. The molecule has 2 aliphatic rings. The fourth-order valence-electron chi connectivity index (χ4n) is 3.64. The van der Waals surface area contributed by atoms with Gasteiger partial charge in [-0.3, -0.25) is 0 Å². The van der Waals surface area contributed by atoms with E-state index in [1.54, 1.807) is 11.3 Å². The van der Waals surface area contributed by atoms with Crippen LogP contribution in [0.1, 0.15) is 32.4 Å². The number of likely N-dealkylation sites (tertiary alicyclic amines) is 1. The first-order valence-electron chi connectivity index (χ1n) is 9.47. The number of hydrogen-bond donors (Lipinski definition) is 1. The molecule has 26 heavy (non-hydrogen) atoms. The highest BCUT2D eigenvalue weighted by Crippen LogP contribution is 2.36. The van der Waals surface area contributed by atoms with E-state index in [4.69, 9.17) is 14.5 Å². The highest BCUT2D eigenvalue weighted by molar-refractivity contribution is 7.13. The van der Waals surface area contributed by atoms with Crippen LogP contribution in [0.25, 0.3) is 10.6 Å². The molecule has 0 atom stereocenters. The van der Waals surface area contributed by atoms with E-state index in [-0.39, 0.29) is 0 Å². The van der Waals surface area contributed by atoms with Crippen molar-refractivity contribution in [1.29, 1.82) is 0 Å². The largest absolute Gasteiger partial charge is 0.454 e. The van der Waals surface area contributed by atoms with Crippen molar-refractivity contribution in [1.82, 2.24) is 15.2 Å². The minimum atomic E-state index is 0.307. The third kappa shape index (κ3) is 4.19. The predicted octanol–water partition coefficient (Wildman–Crippen LogP) is 3.75. The molecule has 1 fully saturated rings. The van der Waals surface area contributed by atoms with Crippen LogP contribution in [0.3, 0.4) is 0 Å². The van der Waals surface area contributed by atoms with E-state index in [1.165, 1.54) is 32.5 Å². The van der Waals surface area contributed by atoms with E-state index in [1.807, 2.05) is 18.2 Å². The average molecular weight is 374 g/mol. The van der Waals surface area contributed by atoms with Gasteiger partial charge >= 0.3 is 0 Å². The number of piperidine rings is 1. The number of fused-ring (bicyclic) bond motifs is 1. The Morgan fingerprint density at radius 2 is 2.04 bits per heavy atom. The number of benzene rings is 1. The Hall–Kier alpha value is -1.63. The zero-order valence-electron chi connectivity index (χ0n) is 15.5. The lowest BCUT2D eigenvalue weighted by Crippen LogP contribution is -2.43. The van der Waals surface area contributed by atoms with Gasteiger partial charge in [-0.25, -0.2) is 4.98 Å². The van der Waals surface area contributed by atoms with E-state index in [0.29, 0.717) is 12.8 Å². The van der Waals surface area contributed by atoms with Crippen LogP contribution in [0.15, 0.2) is 23.6 Å². The highest BCUT2D eigenvalue weighted by Gasteiger charge is 2.20. The van der Waals surface area contributed by atoms with Crippen LogP contribution >= 0.6 is 11.3 Å². The van der Waals surface area contributed by atoms with Crippen molar-refractivity contribution in [2.24, 2.45) is 5.92 Å². The minimum Gasteiger partial charge on any atom is -0.454 e. The van der Waals surface area contributed by atoms with Crippen molar-refractivity contribution in [3.8, 4) is 22.1 Å². The summed E-state index contributed by atoms with van der Waals surface area (Å²) in [5, 5.41) is 6.88. The fraction of sp³-hybridized carbons (Fsp3) is 0.550. The summed E-state index contributed by atoms with van der Waals surface area (Å²) < 4.78 is 10.8. The summed E-state index contributed by atoms with van der Waals surface area (Å²) in [7, 11) is 0. The van der Waals surface area contributed by atoms with Gasteiger partial charge in [0.2, 0.25) is 6.79 Å². The Morgan fingerprint density at radius 1 is 1.23 bits per heavy atom. The van der Waals surface area contributed by atoms with Gasteiger partial charge in [-0.2, -0.15) is 0 Å². The standard InChI is InChI=1S/C20H27N3O2S/c1-14(2)11-23-7-5-16(6-8-23)21-10-17-12-26-20(22-17)15-3-4-18-19(9-15)25-13-24-18/h3-4,9,12,14,16,21H,5-8,10-11,13H2,1-2H3.